The maximum atomic E-state index is 14.1. The molecular formula is C17H21FN2O3. The molecule has 23 heavy (non-hydrogen) atoms. The van der Waals surface area contributed by atoms with Crippen molar-refractivity contribution in [1.29, 1.82) is 0 Å². The average molecular weight is 320 g/mol. The van der Waals surface area contributed by atoms with Gasteiger partial charge in [-0.3, -0.25) is 9.59 Å². The van der Waals surface area contributed by atoms with E-state index in [2.05, 4.69) is 5.32 Å². The highest BCUT2D eigenvalue weighted by Crippen LogP contribution is 2.30. The van der Waals surface area contributed by atoms with E-state index in [4.69, 9.17) is 4.74 Å². The highest BCUT2D eigenvalue weighted by Gasteiger charge is 2.37. The monoisotopic (exact) mass is 320 g/mol. The first-order valence-corrected chi connectivity index (χ1v) is 8.06. The zero-order chi connectivity index (χ0) is 16.4. The average Bonchev–Trinajstić information content (AvgIpc) is 2.55. The van der Waals surface area contributed by atoms with Crippen molar-refractivity contribution in [3.05, 3.63) is 29.6 Å². The van der Waals surface area contributed by atoms with Gasteiger partial charge in [0.15, 0.2) is 0 Å². The van der Waals surface area contributed by atoms with Crippen molar-refractivity contribution in [3.8, 4) is 0 Å². The van der Waals surface area contributed by atoms with Crippen LogP contribution in [0, 0.1) is 5.82 Å². The molecule has 0 unspecified atom stereocenters. The number of nitrogens with one attached hydrogen (secondary N) is 1. The summed E-state index contributed by atoms with van der Waals surface area (Å²) >= 11 is 0. The summed E-state index contributed by atoms with van der Waals surface area (Å²) in [6, 6.07) is 4.11. The number of hydrogen-bond acceptors (Lipinski definition) is 3. The van der Waals surface area contributed by atoms with Crippen LogP contribution in [0.25, 0.3) is 0 Å². The SMILES string of the molecule is CC(=O)Nc1ccc(F)c(C(=O)N2CCO[C@@H]3CCCC[C@@H]32)c1. The predicted molar refractivity (Wildman–Crippen MR) is 83.7 cm³/mol. The molecule has 0 radical (unpaired) electrons. The number of benzene rings is 1. The number of nitrogens with zero attached hydrogens (tertiary/aromatic N) is 1. The molecular weight excluding hydrogens is 299 g/mol. The summed E-state index contributed by atoms with van der Waals surface area (Å²) in [5.74, 6) is -1.15. The lowest BCUT2D eigenvalue weighted by molar-refractivity contribution is -0.114. The van der Waals surface area contributed by atoms with Crippen LogP contribution >= 0.6 is 0 Å². The van der Waals surface area contributed by atoms with Crippen LogP contribution in [0.5, 0.6) is 0 Å². The van der Waals surface area contributed by atoms with Crippen LogP contribution in [0.15, 0.2) is 18.2 Å². The molecule has 0 aromatic heterocycles. The van der Waals surface area contributed by atoms with Gasteiger partial charge in [0.25, 0.3) is 5.91 Å². The lowest BCUT2D eigenvalue weighted by atomic mass is 9.89. The summed E-state index contributed by atoms with van der Waals surface area (Å²) in [4.78, 5) is 25.7. The van der Waals surface area contributed by atoms with E-state index in [9.17, 15) is 14.0 Å². The third-order valence-corrected chi connectivity index (χ3v) is 4.51. The molecule has 1 saturated heterocycles. The van der Waals surface area contributed by atoms with E-state index in [1.54, 1.807) is 4.90 Å². The van der Waals surface area contributed by atoms with Gasteiger partial charge in [-0.05, 0) is 31.0 Å². The minimum atomic E-state index is -0.567. The predicted octanol–water partition coefficient (Wildman–Crippen LogP) is 2.57. The number of amides is 2. The van der Waals surface area contributed by atoms with Crippen LogP contribution in [0.3, 0.4) is 0 Å². The van der Waals surface area contributed by atoms with Gasteiger partial charge in [0, 0.05) is 19.2 Å². The lowest BCUT2D eigenvalue weighted by Crippen LogP contribution is -2.55. The summed E-state index contributed by atoms with van der Waals surface area (Å²) in [7, 11) is 0. The van der Waals surface area contributed by atoms with Gasteiger partial charge in [0.1, 0.15) is 5.82 Å². The minimum Gasteiger partial charge on any atom is -0.374 e. The van der Waals surface area contributed by atoms with Crippen LogP contribution in [0.1, 0.15) is 43.0 Å². The van der Waals surface area contributed by atoms with Gasteiger partial charge in [0.2, 0.25) is 5.91 Å². The molecule has 5 nitrogen and oxygen atoms in total. The first-order valence-electron chi connectivity index (χ1n) is 8.06. The molecule has 6 heteroatoms. The van der Waals surface area contributed by atoms with Crippen molar-refractivity contribution < 1.29 is 18.7 Å². The van der Waals surface area contributed by atoms with E-state index in [-0.39, 0.29) is 29.5 Å². The summed E-state index contributed by atoms with van der Waals surface area (Å²) in [5, 5.41) is 2.59. The Kier molecular flexibility index (Phi) is 4.61. The van der Waals surface area contributed by atoms with Crippen LogP contribution in [0.4, 0.5) is 10.1 Å². The van der Waals surface area contributed by atoms with E-state index in [0.29, 0.717) is 18.8 Å². The standard InChI is InChI=1S/C17H21FN2O3/c1-11(21)19-12-6-7-14(18)13(10-12)17(22)20-8-9-23-16-5-3-2-4-15(16)20/h6-7,10,15-16H,2-5,8-9H2,1H3,(H,19,21)/t15-,16+/m0/s1. The second kappa shape index (κ2) is 6.66. The molecule has 1 aromatic carbocycles. The number of anilines is 1. The number of carbonyl (C=O) groups excluding carboxylic acids is 2. The number of fused-ring (bicyclic) bond motifs is 1. The Morgan fingerprint density at radius 3 is 2.87 bits per heavy atom. The first-order chi connectivity index (χ1) is 11.1. The lowest BCUT2D eigenvalue weighted by Gasteiger charge is -2.43. The number of morpholine rings is 1. The third-order valence-electron chi connectivity index (χ3n) is 4.51. The van der Waals surface area contributed by atoms with E-state index in [1.807, 2.05) is 0 Å². The highest BCUT2D eigenvalue weighted by atomic mass is 19.1. The summed E-state index contributed by atoms with van der Waals surface area (Å²) < 4.78 is 19.9. The molecule has 1 heterocycles. The van der Waals surface area contributed by atoms with Crippen LogP contribution in [0.2, 0.25) is 0 Å². The van der Waals surface area contributed by atoms with Gasteiger partial charge in [-0.25, -0.2) is 4.39 Å². The number of ether oxygens (including phenoxy) is 1. The van der Waals surface area contributed by atoms with Crippen LogP contribution < -0.4 is 5.32 Å². The Balaban J connectivity index is 1.85. The molecule has 3 rings (SSSR count). The van der Waals surface area contributed by atoms with Crippen molar-refractivity contribution in [3.63, 3.8) is 0 Å². The molecule has 1 aromatic rings. The molecule has 1 saturated carbocycles. The van der Waals surface area contributed by atoms with Gasteiger partial charge >= 0.3 is 0 Å². The van der Waals surface area contributed by atoms with Crippen molar-refractivity contribution in [2.45, 2.75) is 44.8 Å². The molecule has 0 bridgehead atoms. The Morgan fingerprint density at radius 1 is 1.30 bits per heavy atom. The van der Waals surface area contributed by atoms with E-state index >= 15 is 0 Å². The van der Waals surface area contributed by atoms with Crippen molar-refractivity contribution in [1.82, 2.24) is 4.90 Å². The normalized spacial score (nSPS) is 24.0. The molecule has 0 spiro atoms. The van der Waals surface area contributed by atoms with Crippen LogP contribution in [-0.4, -0.2) is 42.0 Å². The van der Waals surface area contributed by atoms with Crippen molar-refractivity contribution in [2.75, 3.05) is 18.5 Å². The molecule has 2 aliphatic rings. The zero-order valence-corrected chi connectivity index (χ0v) is 13.2. The van der Waals surface area contributed by atoms with Crippen LogP contribution in [-0.2, 0) is 9.53 Å². The van der Waals surface area contributed by atoms with E-state index in [1.165, 1.54) is 25.1 Å². The second-order valence-electron chi connectivity index (χ2n) is 6.14. The Labute approximate surface area is 134 Å². The highest BCUT2D eigenvalue weighted by molar-refractivity contribution is 5.97. The van der Waals surface area contributed by atoms with Gasteiger partial charge in [0.05, 0.1) is 24.3 Å². The summed E-state index contributed by atoms with van der Waals surface area (Å²) in [5.41, 5.74) is 0.429. The summed E-state index contributed by atoms with van der Waals surface area (Å²) in [6.45, 7) is 2.34. The quantitative estimate of drug-likeness (QED) is 0.911. The molecule has 1 aliphatic carbocycles. The fourth-order valence-corrected chi connectivity index (χ4v) is 3.47. The minimum absolute atomic E-state index is 0.00229. The van der Waals surface area contributed by atoms with Crippen molar-refractivity contribution in [2.24, 2.45) is 0 Å². The fourth-order valence-electron chi connectivity index (χ4n) is 3.47. The fraction of sp³-hybridized carbons (Fsp3) is 0.529. The maximum Gasteiger partial charge on any atom is 0.257 e. The smallest absolute Gasteiger partial charge is 0.257 e. The number of carbonyl (C=O) groups is 2. The number of rotatable bonds is 2. The zero-order valence-electron chi connectivity index (χ0n) is 13.2. The first kappa shape index (κ1) is 15.9. The molecule has 2 amide bonds. The number of halogens is 1. The summed E-state index contributed by atoms with van der Waals surface area (Å²) in [6.07, 6.45) is 4.06. The second-order valence-corrected chi connectivity index (χ2v) is 6.14. The Hall–Kier alpha value is -1.95. The maximum absolute atomic E-state index is 14.1. The molecule has 2 atom stereocenters. The number of hydrogen-bond donors (Lipinski definition) is 1. The topological polar surface area (TPSA) is 58.6 Å². The van der Waals surface area contributed by atoms with Gasteiger partial charge < -0.3 is 15.0 Å². The molecule has 124 valence electrons. The Bertz CT molecular complexity index is 618. The van der Waals surface area contributed by atoms with Gasteiger partial charge in [-0.15, -0.1) is 0 Å². The molecule has 1 aliphatic heterocycles. The third kappa shape index (κ3) is 3.37. The van der Waals surface area contributed by atoms with Gasteiger partial charge in [-0.2, -0.15) is 0 Å². The van der Waals surface area contributed by atoms with E-state index < -0.39 is 5.82 Å². The molecule has 2 fully saturated rings. The molecule has 1 N–H and O–H groups in total. The van der Waals surface area contributed by atoms with Gasteiger partial charge in [-0.1, -0.05) is 12.8 Å². The van der Waals surface area contributed by atoms with Crippen molar-refractivity contribution >= 4 is 17.5 Å². The van der Waals surface area contributed by atoms with E-state index in [0.717, 1.165) is 25.7 Å². The largest absolute Gasteiger partial charge is 0.374 e. The Morgan fingerprint density at radius 2 is 2.09 bits per heavy atom.